The Morgan fingerprint density at radius 3 is 2.18 bits per heavy atom. The summed E-state index contributed by atoms with van der Waals surface area (Å²) in [5.74, 6) is 2.19. The molecule has 0 N–H and O–H groups in total. The molecule has 0 radical (unpaired) electrons. The first-order valence-corrected chi connectivity index (χ1v) is 4.77. The Kier molecular flexibility index (Phi) is 1.54. The molecule has 0 aromatic carbocycles. The van der Waals surface area contributed by atoms with Crippen molar-refractivity contribution in [3.05, 3.63) is 0 Å². The van der Waals surface area contributed by atoms with Crippen molar-refractivity contribution < 1.29 is 0 Å². The summed E-state index contributed by atoms with van der Waals surface area (Å²) in [6.07, 6.45) is 1.53. The maximum atomic E-state index is 2.64. The van der Waals surface area contributed by atoms with Gasteiger partial charge in [-0.1, -0.05) is 20.8 Å². The lowest BCUT2D eigenvalue weighted by Crippen LogP contribution is -2.32. The van der Waals surface area contributed by atoms with Crippen molar-refractivity contribution in [3.63, 3.8) is 0 Å². The SMILES string of the molecule is CC(C)(C)CN1C[C@H]2C[C@H]2C1. The van der Waals surface area contributed by atoms with Crippen molar-refractivity contribution in [2.75, 3.05) is 19.6 Å². The van der Waals surface area contributed by atoms with Crippen LogP contribution in [0.2, 0.25) is 0 Å². The molecule has 1 saturated carbocycles. The van der Waals surface area contributed by atoms with E-state index in [1.165, 1.54) is 26.1 Å². The molecule has 0 bridgehead atoms. The standard InChI is InChI=1S/C10H19N/c1-10(2,3)7-11-5-8-4-9(8)6-11/h8-9H,4-7H2,1-3H3/t8-,9+. The minimum absolute atomic E-state index is 0.497. The minimum atomic E-state index is 0.497. The highest BCUT2D eigenvalue weighted by Crippen LogP contribution is 2.45. The summed E-state index contributed by atoms with van der Waals surface area (Å²) in [5.41, 5.74) is 0.497. The van der Waals surface area contributed by atoms with E-state index in [1.807, 2.05) is 0 Å². The summed E-state index contributed by atoms with van der Waals surface area (Å²) >= 11 is 0. The van der Waals surface area contributed by atoms with Crippen LogP contribution < -0.4 is 0 Å². The first-order chi connectivity index (χ1) is 5.04. The van der Waals surface area contributed by atoms with E-state index < -0.39 is 0 Å². The monoisotopic (exact) mass is 153 g/mol. The van der Waals surface area contributed by atoms with E-state index in [0.29, 0.717) is 5.41 Å². The Bertz CT molecular complexity index is 147. The van der Waals surface area contributed by atoms with E-state index in [1.54, 1.807) is 0 Å². The average Bonchev–Trinajstić information content (AvgIpc) is 2.36. The van der Waals surface area contributed by atoms with Gasteiger partial charge in [0.2, 0.25) is 0 Å². The maximum absolute atomic E-state index is 2.64. The van der Waals surface area contributed by atoms with E-state index in [-0.39, 0.29) is 0 Å². The van der Waals surface area contributed by atoms with Gasteiger partial charge in [-0.25, -0.2) is 0 Å². The van der Waals surface area contributed by atoms with Gasteiger partial charge in [0.25, 0.3) is 0 Å². The number of rotatable bonds is 1. The smallest absolute Gasteiger partial charge is 0.00303 e. The molecule has 1 nitrogen and oxygen atoms in total. The van der Waals surface area contributed by atoms with Crippen molar-refractivity contribution in [1.29, 1.82) is 0 Å². The van der Waals surface area contributed by atoms with Gasteiger partial charge in [0, 0.05) is 19.6 Å². The van der Waals surface area contributed by atoms with Crippen molar-refractivity contribution in [3.8, 4) is 0 Å². The summed E-state index contributed by atoms with van der Waals surface area (Å²) in [6.45, 7) is 11.1. The zero-order valence-corrected chi connectivity index (χ0v) is 7.93. The third kappa shape index (κ3) is 1.76. The average molecular weight is 153 g/mol. The zero-order chi connectivity index (χ0) is 8.06. The summed E-state index contributed by atoms with van der Waals surface area (Å²) in [7, 11) is 0. The molecule has 0 unspecified atom stereocenters. The molecule has 64 valence electrons. The van der Waals surface area contributed by atoms with Crippen molar-refractivity contribution in [1.82, 2.24) is 4.90 Å². The summed E-state index contributed by atoms with van der Waals surface area (Å²) in [6, 6.07) is 0. The number of piperidine rings is 1. The second-order valence-electron chi connectivity index (χ2n) is 5.51. The Labute approximate surface area is 69.8 Å². The van der Waals surface area contributed by atoms with Crippen molar-refractivity contribution >= 4 is 0 Å². The minimum Gasteiger partial charge on any atom is -0.302 e. The third-order valence-electron chi connectivity index (χ3n) is 2.75. The van der Waals surface area contributed by atoms with Crippen molar-refractivity contribution in [2.45, 2.75) is 27.2 Å². The van der Waals surface area contributed by atoms with E-state index in [4.69, 9.17) is 0 Å². The van der Waals surface area contributed by atoms with Crippen LogP contribution in [0.15, 0.2) is 0 Å². The molecule has 0 aromatic rings. The lowest BCUT2D eigenvalue weighted by atomic mass is 9.96. The summed E-state index contributed by atoms with van der Waals surface area (Å²) in [4.78, 5) is 2.64. The molecule has 2 atom stereocenters. The predicted octanol–water partition coefficient (Wildman–Crippen LogP) is 1.98. The summed E-state index contributed by atoms with van der Waals surface area (Å²) in [5, 5.41) is 0. The lowest BCUT2D eigenvalue weighted by Gasteiger charge is -2.27. The van der Waals surface area contributed by atoms with Crippen LogP contribution >= 0.6 is 0 Å². The van der Waals surface area contributed by atoms with E-state index in [9.17, 15) is 0 Å². The first-order valence-electron chi connectivity index (χ1n) is 4.77. The lowest BCUT2D eigenvalue weighted by molar-refractivity contribution is 0.209. The Morgan fingerprint density at radius 1 is 1.18 bits per heavy atom. The highest BCUT2D eigenvalue weighted by molar-refractivity contribution is 4.97. The molecule has 11 heavy (non-hydrogen) atoms. The molecule has 0 amide bonds. The fourth-order valence-corrected chi connectivity index (χ4v) is 2.30. The molecule has 1 aliphatic carbocycles. The van der Waals surface area contributed by atoms with Crippen LogP contribution in [0.25, 0.3) is 0 Å². The van der Waals surface area contributed by atoms with Crippen LogP contribution in [0.5, 0.6) is 0 Å². The third-order valence-corrected chi connectivity index (χ3v) is 2.75. The van der Waals surface area contributed by atoms with E-state index in [2.05, 4.69) is 25.7 Å². The van der Waals surface area contributed by atoms with Gasteiger partial charge in [-0.2, -0.15) is 0 Å². The van der Waals surface area contributed by atoms with Gasteiger partial charge in [-0.05, 0) is 23.7 Å². The molecule has 0 spiro atoms. The van der Waals surface area contributed by atoms with Gasteiger partial charge < -0.3 is 4.90 Å². The highest BCUT2D eigenvalue weighted by Gasteiger charge is 2.45. The first kappa shape index (κ1) is 7.60. The quantitative estimate of drug-likeness (QED) is 0.557. The van der Waals surface area contributed by atoms with Crippen LogP contribution in [0.4, 0.5) is 0 Å². The Morgan fingerprint density at radius 2 is 1.73 bits per heavy atom. The normalized spacial score (nSPS) is 37.4. The molecule has 0 aromatic heterocycles. The van der Waals surface area contributed by atoms with Gasteiger partial charge in [0.05, 0.1) is 0 Å². The van der Waals surface area contributed by atoms with E-state index in [0.717, 1.165) is 11.8 Å². The Hall–Kier alpha value is -0.0400. The molecular formula is C10H19N. The topological polar surface area (TPSA) is 3.24 Å². The number of nitrogens with zero attached hydrogens (tertiary/aromatic N) is 1. The molecule has 1 aliphatic heterocycles. The molecule has 1 heterocycles. The number of likely N-dealkylation sites (tertiary alicyclic amines) is 1. The Balaban J connectivity index is 1.80. The number of hydrogen-bond donors (Lipinski definition) is 0. The summed E-state index contributed by atoms with van der Waals surface area (Å²) < 4.78 is 0. The maximum Gasteiger partial charge on any atom is 0.00303 e. The van der Waals surface area contributed by atoms with Gasteiger partial charge in [-0.3, -0.25) is 0 Å². The van der Waals surface area contributed by atoms with Crippen LogP contribution in [0.3, 0.4) is 0 Å². The number of fused-ring (bicyclic) bond motifs is 1. The molecule has 2 aliphatic rings. The predicted molar refractivity (Wildman–Crippen MR) is 47.5 cm³/mol. The number of hydrogen-bond acceptors (Lipinski definition) is 1. The van der Waals surface area contributed by atoms with Gasteiger partial charge in [0.1, 0.15) is 0 Å². The second-order valence-corrected chi connectivity index (χ2v) is 5.51. The van der Waals surface area contributed by atoms with Crippen LogP contribution in [-0.2, 0) is 0 Å². The molecular weight excluding hydrogens is 134 g/mol. The second kappa shape index (κ2) is 2.22. The van der Waals surface area contributed by atoms with Gasteiger partial charge in [-0.15, -0.1) is 0 Å². The van der Waals surface area contributed by atoms with Crippen LogP contribution in [0.1, 0.15) is 27.2 Å². The largest absolute Gasteiger partial charge is 0.302 e. The fraction of sp³-hybridized carbons (Fsp3) is 1.00. The molecule has 2 fully saturated rings. The molecule has 1 saturated heterocycles. The highest BCUT2D eigenvalue weighted by atomic mass is 15.2. The van der Waals surface area contributed by atoms with Gasteiger partial charge >= 0.3 is 0 Å². The van der Waals surface area contributed by atoms with E-state index >= 15 is 0 Å². The fourth-order valence-electron chi connectivity index (χ4n) is 2.30. The van der Waals surface area contributed by atoms with Crippen LogP contribution in [0, 0.1) is 17.3 Å². The zero-order valence-electron chi connectivity index (χ0n) is 7.93. The van der Waals surface area contributed by atoms with Gasteiger partial charge in [0.15, 0.2) is 0 Å². The molecule has 1 heteroatoms. The van der Waals surface area contributed by atoms with Crippen LogP contribution in [-0.4, -0.2) is 24.5 Å². The molecule has 2 rings (SSSR count). The van der Waals surface area contributed by atoms with Crippen molar-refractivity contribution in [2.24, 2.45) is 17.3 Å².